The van der Waals surface area contributed by atoms with E-state index in [0.717, 1.165) is 0 Å². The number of aromatic carboxylic acids is 1. The van der Waals surface area contributed by atoms with Gasteiger partial charge in [0, 0.05) is 25.7 Å². The first-order chi connectivity index (χ1) is 19.3. The molecule has 0 saturated carbocycles. The highest BCUT2D eigenvalue weighted by atomic mass is 35.5. The number of rotatable bonds is 7. The van der Waals surface area contributed by atoms with E-state index >= 15 is 0 Å². The fraction of sp³-hybridized carbons (Fsp3) is 0.250. The van der Waals surface area contributed by atoms with E-state index in [1.165, 1.54) is 40.6 Å². The summed E-state index contributed by atoms with van der Waals surface area (Å²) >= 11 is 6.24. The molecule has 4 aromatic carbocycles. The van der Waals surface area contributed by atoms with Crippen molar-refractivity contribution in [1.82, 2.24) is 10.2 Å². The number of nitrogens with one attached hydrogen (secondary N) is 2. The van der Waals surface area contributed by atoms with Crippen molar-refractivity contribution in [3.8, 4) is 0 Å². The molecule has 3 atom stereocenters. The van der Waals surface area contributed by atoms with Gasteiger partial charge in [-0.15, -0.1) is 0 Å². The largest absolute Gasteiger partial charge is 0.478 e. The van der Waals surface area contributed by atoms with Crippen molar-refractivity contribution in [3.63, 3.8) is 0 Å². The third-order valence-corrected chi connectivity index (χ3v) is 8.07. The third kappa shape index (κ3) is 5.96. The molecule has 1 aliphatic rings. The fourth-order valence-corrected chi connectivity index (χ4v) is 5.85. The van der Waals surface area contributed by atoms with Crippen LogP contribution in [0.3, 0.4) is 0 Å². The molecular formula is C32H31ClFN3O3. The monoisotopic (exact) mass is 559 g/mol. The number of urea groups is 1. The molecule has 1 aliphatic heterocycles. The molecule has 3 N–H and O–H groups in total. The number of carboxylic acids is 1. The van der Waals surface area contributed by atoms with Gasteiger partial charge in [0.15, 0.2) is 0 Å². The Bertz CT molecular complexity index is 1540. The second kappa shape index (κ2) is 12.1. The lowest BCUT2D eigenvalue weighted by Crippen LogP contribution is -2.48. The first-order valence-electron chi connectivity index (χ1n) is 13.4. The fourth-order valence-electron chi connectivity index (χ4n) is 5.62. The van der Waals surface area contributed by atoms with Crippen molar-refractivity contribution in [2.24, 2.45) is 5.92 Å². The number of piperidine rings is 1. The summed E-state index contributed by atoms with van der Waals surface area (Å²) in [6.07, 6.45) is 0.606. The van der Waals surface area contributed by atoms with Crippen molar-refractivity contribution in [2.75, 3.05) is 25.0 Å². The van der Waals surface area contributed by atoms with Crippen LogP contribution < -0.4 is 10.6 Å². The van der Waals surface area contributed by atoms with E-state index in [1.54, 1.807) is 11.0 Å². The summed E-state index contributed by atoms with van der Waals surface area (Å²) in [5.74, 6) is -1.43. The van der Waals surface area contributed by atoms with E-state index < -0.39 is 5.97 Å². The molecule has 0 bridgehead atoms. The van der Waals surface area contributed by atoms with Crippen LogP contribution in [0.15, 0.2) is 84.9 Å². The summed E-state index contributed by atoms with van der Waals surface area (Å²) in [6.45, 7) is 3.58. The molecule has 40 heavy (non-hydrogen) atoms. The Kier molecular flexibility index (Phi) is 8.33. The van der Waals surface area contributed by atoms with Crippen LogP contribution >= 0.6 is 11.6 Å². The van der Waals surface area contributed by atoms with Gasteiger partial charge in [-0.05, 0) is 71.3 Å². The molecule has 2 amide bonds. The van der Waals surface area contributed by atoms with E-state index in [9.17, 15) is 19.1 Å². The second-order valence-corrected chi connectivity index (χ2v) is 10.7. The topological polar surface area (TPSA) is 81.7 Å². The number of nitrogens with zero attached hydrogens (tertiary/aromatic N) is 1. The smallest absolute Gasteiger partial charge is 0.335 e. The zero-order valence-electron chi connectivity index (χ0n) is 22.1. The predicted octanol–water partition coefficient (Wildman–Crippen LogP) is 7.32. The molecule has 1 heterocycles. The third-order valence-electron chi connectivity index (χ3n) is 7.76. The summed E-state index contributed by atoms with van der Waals surface area (Å²) in [5, 5.41) is 18.2. The number of fused-ring (bicyclic) bond motifs is 1. The Labute approximate surface area is 237 Å². The Morgan fingerprint density at radius 1 is 1.05 bits per heavy atom. The lowest BCUT2D eigenvalue weighted by atomic mass is 9.80. The lowest BCUT2D eigenvalue weighted by molar-refractivity contribution is 0.0697. The maximum Gasteiger partial charge on any atom is 0.335 e. The summed E-state index contributed by atoms with van der Waals surface area (Å²) in [4.78, 5) is 26.2. The maximum atomic E-state index is 14.9. The van der Waals surface area contributed by atoms with Gasteiger partial charge in [0.2, 0.25) is 0 Å². The normalized spacial score (nSPS) is 17.9. The molecule has 1 saturated heterocycles. The second-order valence-electron chi connectivity index (χ2n) is 10.3. The van der Waals surface area contributed by atoms with Crippen LogP contribution in [0.25, 0.3) is 10.8 Å². The Morgan fingerprint density at radius 2 is 1.80 bits per heavy atom. The van der Waals surface area contributed by atoms with Crippen molar-refractivity contribution in [2.45, 2.75) is 25.3 Å². The summed E-state index contributed by atoms with van der Waals surface area (Å²) in [6, 6.07) is 25.3. The minimum absolute atomic E-state index is 0.0418. The molecule has 2 unspecified atom stereocenters. The molecule has 4 aromatic rings. The first kappa shape index (κ1) is 27.6. The van der Waals surface area contributed by atoms with Gasteiger partial charge in [-0.1, -0.05) is 72.3 Å². The minimum atomic E-state index is -1.09. The maximum absolute atomic E-state index is 14.9. The van der Waals surface area contributed by atoms with Crippen molar-refractivity contribution in [1.29, 1.82) is 0 Å². The highest BCUT2D eigenvalue weighted by molar-refractivity contribution is 6.34. The lowest BCUT2D eigenvalue weighted by Gasteiger charge is -2.39. The van der Waals surface area contributed by atoms with Crippen molar-refractivity contribution < 1.29 is 19.1 Å². The molecule has 0 radical (unpaired) electrons. The highest BCUT2D eigenvalue weighted by Gasteiger charge is 2.34. The van der Waals surface area contributed by atoms with Gasteiger partial charge in [-0.3, -0.25) is 0 Å². The van der Waals surface area contributed by atoms with Crippen LogP contribution in [-0.4, -0.2) is 41.6 Å². The molecule has 0 aromatic heterocycles. The van der Waals surface area contributed by atoms with E-state index in [-0.39, 0.29) is 40.3 Å². The van der Waals surface area contributed by atoms with Crippen LogP contribution in [-0.2, 0) is 0 Å². The van der Waals surface area contributed by atoms with Gasteiger partial charge >= 0.3 is 12.0 Å². The molecule has 8 heteroatoms. The number of benzene rings is 4. The van der Waals surface area contributed by atoms with Gasteiger partial charge < -0.3 is 20.6 Å². The van der Waals surface area contributed by atoms with Crippen LogP contribution in [0.1, 0.15) is 46.8 Å². The number of halogens is 2. The molecule has 1 fully saturated rings. The highest BCUT2D eigenvalue weighted by Crippen LogP contribution is 2.35. The molecule has 0 aliphatic carbocycles. The minimum Gasteiger partial charge on any atom is -0.478 e. The number of carbonyl (C=O) groups is 2. The molecule has 6 nitrogen and oxygen atoms in total. The van der Waals surface area contributed by atoms with E-state index in [1.807, 2.05) is 24.3 Å². The molecule has 206 valence electrons. The van der Waals surface area contributed by atoms with E-state index in [4.69, 9.17) is 11.6 Å². The van der Waals surface area contributed by atoms with Crippen LogP contribution in [0.2, 0.25) is 5.02 Å². The molecular weight excluding hydrogens is 529 g/mol. The number of hydrogen-bond acceptors (Lipinski definition) is 3. The van der Waals surface area contributed by atoms with Gasteiger partial charge in [0.1, 0.15) is 5.82 Å². The van der Waals surface area contributed by atoms with Gasteiger partial charge in [0.05, 0.1) is 16.3 Å². The standard InChI is InChI=1S/C32H31ClFN3O3/c1-20(24-11-6-8-21-7-2-3-9-25(21)24)35-18-23-19-37(16-15-26(23)27-10-4-5-12-29(27)34)32(40)36-30-14-13-22(31(38)39)17-28(30)33/h2-14,17,20,23,26,35H,15-16,18-19H2,1H3,(H,36,40)(H,38,39)/t20-,23?,26?/m1/s1. The van der Waals surface area contributed by atoms with Gasteiger partial charge in [-0.25, -0.2) is 14.0 Å². The number of anilines is 1. The number of likely N-dealkylation sites (tertiary alicyclic amines) is 1. The number of hydrogen-bond donors (Lipinski definition) is 3. The zero-order chi connectivity index (χ0) is 28.2. The average Bonchev–Trinajstić information content (AvgIpc) is 2.96. The van der Waals surface area contributed by atoms with E-state index in [2.05, 4.69) is 47.9 Å². The Balaban J connectivity index is 1.34. The average molecular weight is 560 g/mol. The summed E-state index contributed by atoms with van der Waals surface area (Å²) < 4.78 is 14.9. The SMILES string of the molecule is C[C@@H](NCC1CN(C(=O)Nc2ccc(C(=O)O)cc2Cl)CCC1c1ccccc1F)c1cccc2ccccc12. The van der Waals surface area contributed by atoms with E-state index in [0.29, 0.717) is 37.3 Å². The predicted molar refractivity (Wildman–Crippen MR) is 157 cm³/mol. The van der Waals surface area contributed by atoms with Crippen LogP contribution in [0, 0.1) is 11.7 Å². The summed E-state index contributed by atoms with van der Waals surface area (Å²) in [7, 11) is 0. The Hall–Kier alpha value is -3.94. The Morgan fingerprint density at radius 3 is 2.58 bits per heavy atom. The number of carboxylic acid groups (broad SMARTS) is 1. The molecule has 0 spiro atoms. The van der Waals surface area contributed by atoms with Crippen molar-refractivity contribution >= 4 is 40.1 Å². The zero-order valence-corrected chi connectivity index (χ0v) is 22.9. The van der Waals surface area contributed by atoms with Crippen LogP contribution in [0.5, 0.6) is 0 Å². The van der Waals surface area contributed by atoms with Gasteiger partial charge in [0.25, 0.3) is 0 Å². The number of carbonyl (C=O) groups excluding carboxylic acids is 1. The molecule has 5 rings (SSSR count). The van der Waals surface area contributed by atoms with Crippen LogP contribution in [0.4, 0.5) is 14.9 Å². The summed E-state index contributed by atoms with van der Waals surface area (Å²) in [5.41, 5.74) is 2.23. The first-order valence-corrected chi connectivity index (χ1v) is 13.7. The quantitative estimate of drug-likeness (QED) is 0.221. The number of amides is 2. The van der Waals surface area contributed by atoms with Crippen molar-refractivity contribution in [3.05, 3.63) is 112 Å². The van der Waals surface area contributed by atoms with Gasteiger partial charge in [-0.2, -0.15) is 0 Å².